The van der Waals surface area contributed by atoms with Gasteiger partial charge in [0.2, 0.25) is 18.0 Å². The quantitative estimate of drug-likeness (QED) is 0.0898. The Morgan fingerprint density at radius 3 is 1.82 bits per heavy atom. The SMILES string of the molecule is COC(=O)N[C@H](C(=O)N1CCC[C@H]1c1ncc(-c2ccc(Cl)c(CC3=NC(c4ccccc4)Oc4cc(-c5cnc([C@@H]6CCCN6C(=O)[C@@H](NC(=O)OC)C(C)C)[nH]5)ccc43)c2)[nH]1)C(C)C. The highest BCUT2D eigenvalue weighted by Gasteiger charge is 2.39. The second-order valence-electron chi connectivity index (χ2n) is 17.6. The third-order valence-electron chi connectivity index (χ3n) is 12.6. The van der Waals surface area contributed by atoms with Gasteiger partial charge in [-0.1, -0.05) is 81.8 Å². The number of likely N-dealkylation sites (tertiary alicyclic amines) is 2. The molecule has 2 fully saturated rings. The maximum atomic E-state index is 13.8. The Bertz CT molecular complexity index is 2610. The van der Waals surface area contributed by atoms with E-state index in [1.165, 1.54) is 14.2 Å². The Labute approximate surface area is 388 Å². The topological polar surface area (TPSA) is 196 Å². The fraction of sp³-hybridized carbons (Fsp3) is 0.408. The molecule has 2 aromatic heterocycles. The summed E-state index contributed by atoms with van der Waals surface area (Å²) in [6.07, 6.45) is 5.13. The molecule has 3 aliphatic rings. The molecule has 3 aromatic carbocycles. The molecule has 0 spiro atoms. The molecule has 5 atom stereocenters. The molecule has 5 heterocycles. The molecule has 5 aromatic rings. The van der Waals surface area contributed by atoms with Crippen LogP contribution in [0.4, 0.5) is 9.59 Å². The number of fused-ring (bicyclic) bond motifs is 1. The van der Waals surface area contributed by atoms with E-state index in [1.807, 2.05) is 94.4 Å². The number of aromatic amines is 2. The monoisotopic (exact) mass is 917 g/mol. The molecule has 17 heteroatoms. The second kappa shape index (κ2) is 19.8. The zero-order valence-corrected chi connectivity index (χ0v) is 38.7. The lowest BCUT2D eigenvalue weighted by Gasteiger charge is -2.30. The first-order valence-corrected chi connectivity index (χ1v) is 22.8. The van der Waals surface area contributed by atoms with Gasteiger partial charge in [-0.2, -0.15) is 0 Å². The molecule has 0 radical (unpaired) electrons. The van der Waals surface area contributed by atoms with Crippen molar-refractivity contribution in [1.82, 2.24) is 40.4 Å². The minimum atomic E-state index is -0.733. The number of hydrogen-bond donors (Lipinski definition) is 4. The Hall–Kier alpha value is -6.68. The highest BCUT2D eigenvalue weighted by Crippen LogP contribution is 2.39. The number of rotatable bonds is 13. The minimum absolute atomic E-state index is 0.143. The lowest BCUT2D eigenvalue weighted by Crippen LogP contribution is -2.51. The molecule has 66 heavy (non-hydrogen) atoms. The summed E-state index contributed by atoms with van der Waals surface area (Å²) in [4.78, 5) is 76.9. The van der Waals surface area contributed by atoms with Gasteiger partial charge < -0.3 is 44.6 Å². The summed E-state index contributed by atoms with van der Waals surface area (Å²) < 4.78 is 16.2. The summed E-state index contributed by atoms with van der Waals surface area (Å²) in [5.74, 6) is 1.35. The van der Waals surface area contributed by atoms with Crippen LogP contribution in [0.3, 0.4) is 0 Å². The number of H-pyrrole nitrogens is 2. The van der Waals surface area contributed by atoms with E-state index in [0.717, 1.165) is 70.6 Å². The number of nitrogens with one attached hydrogen (secondary N) is 4. The predicted octanol–water partition coefficient (Wildman–Crippen LogP) is 8.33. The molecule has 0 aliphatic carbocycles. The molecular formula is C49H56ClN9O7. The summed E-state index contributed by atoms with van der Waals surface area (Å²) in [5.41, 5.74) is 6.64. The van der Waals surface area contributed by atoms with Crippen molar-refractivity contribution in [3.8, 4) is 28.3 Å². The van der Waals surface area contributed by atoms with E-state index in [4.69, 9.17) is 40.8 Å². The van der Waals surface area contributed by atoms with Crippen molar-refractivity contribution in [2.45, 2.75) is 90.2 Å². The molecular weight excluding hydrogens is 862 g/mol. The van der Waals surface area contributed by atoms with Gasteiger partial charge in [-0.3, -0.25) is 9.59 Å². The number of aromatic nitrogens is 4. The Balaban J connectivity index is 1.04. The number of methoxy groups -OCH3 is 2. The Morgan fingerprint density at radius 1 is 0.758 bits per heavy atom. The zero-order chi connectivity index (χ0) is 46.6. The van der Waals surface area contributed by atoms with Gasteiger partial charge in [0.25, 0.3) is 0 Å². The smallest absolute Gasteiger partial charge is 0.407 e. The fourth-order valence-electron chi connectivity index (χ4n) is 9.03. The van der Waals surface area contributed by atoms with Gasteiger partial charge in [-0.15, -0.1) is 0 Å². The van der Waals surface area contributed by atoms with Crippen LogP contribution in [0.15, 0.2) is 84.1 Å². The van der Waals surface area contributed by atoms with Crippen LogP contribution in [0.1, 0.15) is 100 Å². The van der Waals surface area contributed by atoms with E-state index in [0.29, 0.717) is 41.9 Å². The highest BCUT2D eigenvalue weighted by atomic mass is 35.5. The van der Waals surface area contributed by atoms with Gasteiger partial charge >= 0.3 is 12.2 Å². The number of amides is 4. The number of imidazole rings is 2. The number of halogens is 1. The number of aliphatic imine (C=N–C) groups is 1. The molecule has 8 rings (SSSR count). The van der Waals surface area contributed by atoms with Gasteiger partial charge in [-0.25, -0.2) is 24.5 Å². The summed E-state index contributed by atoms with van der Waals surface area (Å²) >= 11 is 6.95. The van der Waals surface area contributed by atoms with Crippen molar-refractivity contribution in [3.05, 3.63) is 112 Å². The summed E-state index contributed by atoms with van der Waals surface area (Å²) in [7, 11) is 2.56. The van der Waals surface area contributed by atoms with Crippen LogP contribution in [0.5, 0.6) is 5.75 Å². The van der Waals surface area contributed by atoms with Gasteiger partial charge in [0.05, 0.1) is 55.8 Å². The number of hydrogen-bond acceptors (Lipinski definition) is 10. The maximum absolute atomic E-state index is 13.8. The number of carbonyl (C=O) groups excluding carboxylic acids is 4. The lowest BCUT2D eigenvalue weighted by molar-refractivity contribution is -0.136. The van der Waals surface area contributed by atoms with Crippen molar-refractivity contribution in [3.63, 3.8) is 0 Å². The van der Waals surface area contributed by atoms with Crippen molar-refractivity contribution in [1.29, 1.82) is 0 Å². The standard InChI is InChI=1S/C49H56ClN9O7/c1-27(2)41(56-48(62)64-5)46(60)58-20-10-14-38(58)43-51-25-36(53-43)30-17-19-34(50)32(22-30)23-35-33-18-16-31(24-40(33)66-45(55-35)29-12-8-7-9-13-29)37-26-52-44(54-37)39-15-11-21-59(39)47(61)42(28(3)4)57-49(63)65-6/h7-9,12-13,16-19,22,24-28,38-39,41-42,45H,10-11,14-15,20-21,23H2,1-6H3,(H,51,53)(H,52,54)(H,56,62)(H,57,63)/t38-,39-,41-,42-,45?/m0/s1. The maximum Gasteiger partial charge on any atom is 0.407 e. The molecule has 2 saturated heterocycles. The predicted molar refractivity (Wildman–Crippen MR) is 249 cm³/mol. The first-order valence-electron chi connectivity index (χ1n) is 22.4. The fourth-order valence-corrected chi connectivity index (χ4v) is 9.22. The average molecular weight is 918 g/mol. The van der Waals surface area contributed by atoms with Crippen LogP contribution in [0.25, 0.3) is 22.5 Å². The first kappa shape index (κ1) is 45.9. The molecule has 3 aliphatic heterocycles. The summed E-state index contributed by atoms with van der Waals surface area (Å²) in [5, 5.41) is 5.99. The van der Waals surface area contributed by atoms with Crippen LogP contribution in [0, 0.1) is 11.8 Å². The molecule has 0 saturated carbocycles. The zero-order valence-electron chi connectivity index (χ0n) is 38.0. The van der Waals surface area contributed by atoms with E-state index in [9.17, 15) is 19.2 Å². The molecule has 346 valence electrons. The van der Waals surface area contributed by atoms with Gasteiger partial charge in [0.15, 0.2) is 0 Å². The number of alkyl carbamates (subject to hydrolysis) is 2. The van der Waals surface area contributed by atoms with Crippen molar-refractivity contribution < 1.29 is 33.4 Å². The third kappa shape index (κ3) is 9.64. The van der Waals surface area contributed by atoms with Crippen LogP contribution >= 0.6 is 11.6 Å². The van der Waals surface area contributed by atoms with E-state index in [2.05, 4.69) is 20.6 Å². The molecule has 0 bridgehead atoms. The van der Waals surface area contributed by atoms with Crippen LogP contribution in [-0.2, 0) is 25.5 Å². The Kier molecular flexibility index (Phi) is 13.8. The van der Waals surface area contributed by atoms with Gasteiger partial charge in [0, 0.05) is 41.2 Å². The number of ether oxygens (including phenoxy) is 3. The average Bonchev–Trinajstić information content (AvgIpc) is 4.17. The van der Waals surface area contributed by atoms with Crippen LogP contribution in [0.2, 0.25) is 5.02 Å². The normalized spacial score (nSPS) is 18.9. The largest absolute Gasteiger partial charge is 0.464 e. The highest BCUT2D eigenvalue weighted by molar-refractivity contribution is 6.31. The van der Waals surface area contributed by atoms with E-state index in [-0.39, 0.29) is 35.7 Å². The number of benzene rings is 3. The summed E-state index contributed by atoms with van der Waals surface area (Å²) in [6.45, 7) is 8.67. The third-order valence-corrected chi connectivity index (χ3v) is 13.0. The van der Waals surface area contributed by atoms with Gasteiger partial charge in [0.1, 0.15) is 29.5 Å². The van der Waals surface area contributed by atoms with Crippen LogP contribution < -0.4 is 15.4 Å². The van der Waals surface area contributed by atoms with Gasteiger partial charge in [-0.05, 0) is 72.9 Å². The van der Waals surface area contributed by atoms with E-state index in [1.54, 1.807) is 22.2 Å². The van der Waals surface area contributed by atoms with Crippen molar-refractivity contribution in [2.24, 2.45) is 16.8 Å². The van der Waals surface area contributed by atoms with Crippen molar-refractivity contribution >= 4 is 41.3 Å². The second-order valence-corrected chi connectivity index (χ2v) is 18.0. The summed E-state index contributed by atoms with van der Waals surface area (Å²) in [6, 6.07) is 19.7. The Morgan fingerprint density at radius 2 is 1.29 bits per heavy atom. The molecule has 16 nitrogen and oxygen atoms in total. The van der Waals surface area contributed by atoms with Crippen LogP contribution in [-0.4, -0.2) is 98.8 Å². The molecule has 4 N–H and O–H groups in total. The van der Waals surface area contributed by atoms with E-state index >= 15 is 0 Å². The first-order chi connectivity index (χ1) is 31.8. The van der Waals surface area contributed by atoms with E-state index < -0.39 is 30.5 Å². The molecule has 4 amide bonds. The van der Waals surface area contributed by atoms with Crippen molar-refractivity contribution in [2.75, 3.05) is 27.3 Å². The number of carbonyl (C=O) groups is 4. The minimum Gasteiger partial charge on any atom is -0.464 e. The molecule has 1 unspecified atom stereocenters. The lowest BCUT2D eigenvalue weighted by atomic mass is 9.96. The number of nitrogens with zero attached hydrogens (tertiary/aromatic N) is 5.